The number of carboxylic acid groups (broad SMARTS) is 1. The number of carbonyl (C=O) groups excluding carboxylic acids is 1. The Kier molecular flexibility index (Phi) is 4.89. The molecule has 7 nitrogen and oxygen atoms in total. The largest absolute Gasteiger partial charge is 0.481 e. The van der Waals surface area contributed by atoms with Crippen molar-refractivity contribution in [2.24, 2.45) is 5.92 Å². The molecular weight excluding hydrogens is 342 g/mol. The van der Waals surface area contributed by atoms with E-state index >= 15 is 0 Å². The lowest BCUT2D eigenvalue weighted by molar-refractivity contribution is -0.142. The number of carboxylic acids is 1. The molecule has 8 heteroatoms. The molecule has 25 heavy (non-hydrogen) atoms. The first-order valence-corrected chi connectivity index (χ1v) is 9.13. The number of ether oxygens (including phenoxy) is 1. The number of rotatable bonds is 4. The lowest BCUT2D eigenvalue weighted by atomic mass is 9.97. The van der Waals surface area contributed by atoms with Crippen molar-refractivity contribution in [1.29, 1.82) is 0 Å². The Bertz CT molecular complexity index is 810. The predicted molar refractivity (Wildman–Crippen MR) is 95.3 cm³/mol. The zero-order valence-corrected chi connectivity index (χ0v) is 15.3. The Morgan fingerprint density at radius 1 is 1.32 bits per heavy atom. The van der Waals surface area contributed by atoms with Gasteiger partial charge < -0.3 is 14.7 Å². The number of hydrogen-bond acceptors (Lipinski definition) is 7. The van der Waals surface area contributed by atoms with Gasteiger partial charge in [0.2, 0.25) is 0 Å². The van der Waals surface area contributed by atoms with Gasteiger partial charge in [0, 0.05) is 13.1 Å². The van der Waals surface area contributed by atoms with Gasteiger partial charge in [0.15, 0.2) is 0 Å². The van der Waals surface area contributed by atoms with Gasteiger partial charge in [-0.2, -0.15) is 0 Å². The van der Waals surface area contributed by atoms with Gasteiger partial charge in [-0.25, -0.2) is 14.8 Å². The molecule has 1 fully saturated rings. The first-order valence-electron chi connectivity index (χ1n) is 8.31. The van der Waals surface area contributed by atoms with Crippen LogP contribution in [0.3, 0.4) is 0 Å². The third kappa shape index (κ3) is 3.44. The molecule has 3 heterocycles. The van der Waals surface area contributed by atoms with E-state index in [-0.39, 0.29) is 18.0 Å². The third-order valence-electron chi connectivity index (χ3n) is 4.38. The number of thiophene rings is 1. The summed E-state index contributed by atoms with van der Waals surface area (Å²) in [6.45, 7) is 6.78. The van der Waals surface area contributed by atoms with E-state index in [2.05, 4.69) is 14.9 Å². The maximum atomic E-state index is 12.3. The minimum Gasteiger partial charge on any atom is -0.481 e. The van der Waals surface area contributed by atoms with Gasteiger partial charge in [0.05, 0.1) is 17.4 Å². The fourth-order valence-corrected chi connectivity index (χ4v) is 4.12. The maximum Gasteiger partial charge on any atom is 0.348 e. The second-order valence-corrected chi connectivity index (χ2v) is 7.49. The first-order chi connectivity index (χ1) is 11.9. The van der Waals surface area contributed by atoms with Crippen LogP contribution >= 0.6 is 11.3 Å². The van der Waals surface area contributed by atoms with Crippen molar-refractivity contribution in [3.63, 3.8) is 0 Å². The number of carbonyl (C=O) groups is 2. The van der Waals surface area contributed by atoms with Crippen LogP contribution < -0.4 is 4.90 Å². The highest BCUT2D eigenvalue weighted by molar-refractivity contribution is 7.20. The molecule has 1 aliphatic rings. The molecule has 1 saturated heterocycles. The Morgan fingerprint density at radius 3 is 2.60 bits per heavy atom. The lowest BCUT2D eigenvalue weighted by Gasteiger charge is -2.31. The van der Waals surface area contributed by atoms with Crippen LogP contribution in [-0.2, 0) is 9.53 Å². The SMILES string of the molecule is Cc1c(C(=O)OC(C)C)sc2ncnc(N3CCC(C(=O)O)CC3)c12. The van der Waals surface area contributed by atoms with Gasteiger partial charge in [0.1, 0.15) is 21.9 Å². The number of fused-ring (bicyclic) bond motifs is 1. The van der Waals surface area contributed by atoms with Crippen LogP contribution in [0.25, 0.3) is 10.2 Å². The van der Waals surface area contributed by atoms with E-state index in [0.29, 0.717) is 30.8 Å². The van der Waals surface area contributed by atoms with Crippen LogP contribution in [0.1, 0.15) is 41.9 Å². The van der Waals surface area contributed by atoms with Crippen LogP contribution in [-0.4, -0.2) is 46.2 Å². The van der Waals surface area contributed by atoms with Crippen LogP contribution in [0.15, 0.2) is 6.33 Å². The molecule has 0 radical (unpaired) electrons. The smallest absolute Gasteiger partial charge is 0.348 e. The van der Waals surface area contributed by atoms with Crippen molar-refractivity contribution in [3.05, 3.63) is 16.8 Å². The minimum absolute atomic E-state index is 0.183. The van der Waals surface area contributed by atoms with E-state index in [1.54, 1.807) is 0 Å². The van der Waals surface area contributed by atoms with Crippen LogP contribution in [0.5, 0.6) is 0 Å². The predicted octanol–water partition coefficient (Wildman–Crippen LogP) is 2.87. The lowest BCUT2D eigenvalue weighted by Crippen LogP contribution is -2.36. The molecule has 0 amide bonds. The monoisotopic (exact) mass is 363 g/mol. The average Bonchev–Trinajstić information content (AvgIpc) is 2.91. The molecule has 0 unspecified atom stereocenters. The zero-order valence-electron chi connectivity index (χ0n) is 14.5. The van der Waals surface area contributed by atoms with Crippen molar-refractivity contribution in [1.82, 2.24) is 9.97 Å². The van der Waals surface area contributed by atoms with Crippen molar-refractivity contribution < 1.29 is 19.4 Å². The summed E-state index contributed by atoms with van der Waals surface area (Å²) in [7, 11) is 0. The summed E-state index contributed by atoms with van der Waals surface area (Å²) >= 11 is 1.31. The Balaban J connectivity index is 1.93. The molecule has 0 aliphatic carbocycles. The Hall–Kier alpha value is -2.22. The van der Waals surface area contributed by atoms with Crippen molar-refractivity contribution in [2.45, 2.75) is 39.7 Å². The molecule has 2 aromatic heterocycles. The summed E-state index contributed by atoms with van der Waals surface area (Å²) in [4.78, 5) is 35.5. The molecule has 0 bridgehead atoms. The van der Waals surface area contributed by atoms with E-state index in [4.69, 9.17) is 9.84 Å². The summed E-state index contributed by atoms with van der Waals surface area (Å²) in [6.07, 6.45) is 2.49. The van der Waals surface area contributed by atoms with Gasteiger partial charge in [-0.15, -0.1) is 11.3 Å². The van der Waals surface area contributed by atoms with Crippen LogP contribution in [0.2, 0.25) is 0 Å². The number of aromatic nitrogens is 2. The molecule has 1 aliphatic heterocycles. The highest BCUT2D eigenvalue weighted by atomic mass is 32.1. The fraction of sp³-hybridized carbons (Fsp3) is 0.529. The van der Waals surface area contributed by atoms with Gasteiger partial charge >= 0.3 is 11.9 Å². The second kappa shape index (κ2) is 6.95. The normalized spacial score (nSPS) is 15.8. The zero-order chi connectivity index (χ0) is 18.1. The summed E-state index contributed by atoms with van der Waals surface area (Å²) in [5.74, 6) is -0.608. The molecular formula is C17H21N3O4S. The Labute approximate surface area is 149 Å². The number of piperidine rings is 1. The number of hydrogen-bond donors (Lipinski definition) is 1. The van der Waals surface area contributed by atoms with Gasteiger partial charge in [-0.3, -0.25) is 4.79 Å². The van der Waals surface area contributed by atoms with E-state index in [1.165, 1.54) is 17.7 Å². The summed E-state index contributed by atoms with van der Waals surface area (Å²) in [5.41, 5.74) is 0.821. The summed E-state index contributed by atoms with van der Waals surface area (Å²) < 4.78 is 5.32. The number of aryl methyl sites for hydroxylation is 1. The second-order valence-electron chi connectivity index (χ2n) is 6.49. The standard InChI is InChI=1S/C17H21N3O4S/c1-9(2)24-17(23)13-10(3)12-14(18-8-19-15(12)25-13)20-6-4-11(5-7-20)16(21)22/h8-9,11H,4-7H2,1-3H3,(H,21,22). The number of nitrogens with zero attached hydrogens (tertiary/aromatic N) is 3. The van der Waals surface area contributed by atoms with Gasteiger partial charge in [-0.1, -0.05) is 0 Å². The van der Waals surface area contributed by atoms with E-state index < -0.39 is 5.97 Å². The Morgan fingerprint density at radius 2 is 2.00 bits per heavy atom. The maximum absolute atomic E-state index is 12.3. The molecule has 134 valence electrons. The quantitative estimate of drug-likeness (QED) is 0.835. The fourth-order valence-electron chi connectivity index (χ4n) is 3.09. The van der Waals surface area contributed by atoms with Gasteiger partial charge in [-0.05, 0) is 39.2 Å². The van der Waals surface area contributed by atoms with Gasteiger partial charge in [0.25, 0.3) is 0 Å². The molecule has 2 aromatic rings. The number of esters is 1. The van der Waals surface area contributed by atoms with Crippen molar-refractivity contribution >= 4 is 39.3 Å². The average molecular weight is 363 g/mol. The molecule has 3 rings (SSSR count). The molecule has 0 aromatic carbocycles. The minimum atomic E-state index is -0.738. The van der Waals surface area contributed by atoms with Crippen LogP contribution in [0, 0.1) is 12.8 Å². The summed E-state index contributed by atoms with van der Waals surface area (Å²) in [5, 5.41) is 10.0. The highest BCUT2D eigenvalue weighted by Crippen LogP contribution is 2.36. The number of anilines is 1. The summed E-state index contributed by atoms with van der Waals surface area (Å²) in [6, 6.07) is 0. The van der Waals surface area contributed by atoms with E-state index in [1.807, 2.05) is 20.8 Å². The molecule has 0 saturated carbocycles. The topological polar surface area (TPSA) is 92.6 Å². The van der Waals surface area contributed by atoms with Crippen LogP contribution in [0.4, 0.5) is 5.82 Å². The van der Waals surface area contributed by atoms with E-state index in [0.717, 1.165) is 21.6 Å². The van der Waals surface area contributed by atoms with Crippen molar-refractivity contribution in [3.8, 4) is 0 Å². The van der Waals surface area contributed by atoms with Crippen molar-refractivity contribution in [2.75, 3.05) is 18.0 Å². The third-order valence-corrected chi connectivity index (χ3v) is 5.56. The molecule has 0 spiro atoms. The number of aliphatic carboxylic acids is 1. The molecule has 1 N–H and O–H groups in total. The van der Waals surface area contributed by atoms with E-state index in [9.17, 15) is 9.59 Å². The highest BCUT2D eigenvalue weighted by Gasteiger charge is 2.28. The molecule has 0 atom stereocenters. The first kappa shape index (κ1) is 17.6.